The van der Waals surface area contributed by atoms with Gasteiger partial charge in [0.15, 0.2) is 0 Å². The predicted octanol–water partition coefficient (Wildman–Crippen LogP) is 5.37. The Labute approximate surface area is 145 Å². The minimum Gasteiger partial charge on any atom is -0.279 e. The van der Waals surface area contributed by atoms with E-state index in [1.54, 1.807) is 11.8 Å². The quantitative estimate of drug-likeness (QED) is 0.501. The molecule has 0 aliphatic carbocycles. The number of hydrogen-bond acceptors (Lipinski definition) is 2. The average molecular weight is 331 g/mol. The van der Waals surface area contributed by atoms with Gasteiger partial charge in [0.1, 0.15) is 0 Å². The van der Waals surface area contributed by atoms with Crippen molar-refractivity contribution in [3.8, 4) is 0 Å². The van der Waals surface area contributed by atoms with E-state index in [0.29, 0.717) is 5.75 Å². The van der Waals surface area contributed by atoms with Gasteiger partial charge in [-0.15, -0.1) is 11.8 Å². The number of carbonyl (C=O) groups is 1. The van der Waals surface area contributed by atoms with Crippen LogP contribution in [0.4, 0.5) is 0 Å². The highest BCUT2D eigenvalue weighted by Crippen LogP contribution is 2.29. The molecule has 0 spiro atoms. The molecule has 0 fully saturated rings. The van der Waals surface area contributed by atoms with Crippen molar-refractivity contribution in [1.29, 1.82) is 0 Å². The van der Waals surface area contributed by atoms with Crippen molar-refractivity contribution in [3.63, 3.8) is 0 Å². The van der Waals surface area contributed by atoms with Crippen molar-refractivity contribution in [2.24, 2.45) is 0 Å². The molecule has 1 aromatic heterocycles. The fourth-order valence-corrected chi connectivity index (χ4v) is 3.92. The van der Waals surface area contributed by atoms with Crippen LogP contribution < -0.4 is 0 Å². The third-order valence-corrected chi connectivity index (χ3v) is 5.16. The summed E-state index contributed by atoms with van der Waals surface area (Å²) in [6.07, 6.45) is 0. The lowest BCUT2D eigenvalue weighted by molar-refractivity contribution is 0.0951. The lowest BCUT2D eigenvalue weighted by Crippen LogP contribution is -2.12. The van der Waals surface area contributed by atoms with E-state index in [1.807, 2.05) is 59.2 Å². The van der Waals surface area contributed by atoms with Crippen LogP contribution in [0.2, 0.25) is 0 Å². The number of nitrogens with zero attached hydrogens (tertiary/aromatic N) is 1. The number of aromatic nitrogens is 1. The minimum absolute atomic E-state index is 0.133. The van der Waals surface area contributed by atoms with Crippen LogP contribution in [0.1, 0.15) is 10.4 Å². The van der Waals surface area contributed by atoms with Crippen LogP contribution in [0.3, 0.4) is 0 Å². The summed E-state index contributed by atoms with van der Waals surface area (Å²) < 4.78 is 1.86. The Hall–Kier alpha value is -2.52. The number of carbonyl (C=O) groups excluding carboxylic acids is 1. The summed E-state index contributed by atoms with van der Waals surface area (Å²) in [5, 5.41) is 2.27. The molecule has 24 heavy (non-hydrogen) atoms. The van der Waals surface area contributed by atoms with Crippen molar-refractivity contribution < 1.29 is 4.79 Å². The molecular weight excluding hydrogens is 314 g/mol. The van der Waals surface area contributed by atoms with Gasteiger partial charge in [0.25, 0.3) is 0 Å². The van der Waals surface area contributed by atoms with Crippen LogP contribution in [0.5, 0.6) is 0 Å². The summed E-state index contributed by atoms with van der Waals surface area (Å²) in [6.45, 7) is 0. The van der Waals surface area contributed by atoms with Gasteiger partial charge in [0, 0.05) is 16.5 Å². The summed E-state index contributed by atoms with van der Waals surface area (Å²) in [7, 11) is 0. The Balaban J connectivity index is 1.64. The van der Waals surface area contributed by atoms with Crippen LogP contribution in [0.25, 0.3) is 21.8 Å². The molecule has 0 saturated heterocycles. The van der Waals surface area contributed by atoms with Gasteiger partial charge >= 0.3 is 0 Å². The third kappa shape index (κ3) is 2.72. The first-order valence-electron chi connectivity index (χ1n) is 7.97. The van der Waals surface area contributed by atoms with Crippen LogP contribution in [0, 0.1) is 0 Å². The van der Waals surface area contributed by atoms with E-state index >= 15 is 0 Å². The molecule has 0 unspecified atom stereocenters. The Morgan fingerprint density at radius 2 is 1.29 bits per heavy atom. The van der Waals surface area contributed by atoms with Crippen molar-refractivity contribution in [2.45, 2.75) is 5.75 Å². The van der Waals surface area contributed by atoms with Gasteiger partial charge in [-0.1, -0.05) is 66.7 Å². The van der Waals surface area contributed by atoms with E-state index in [-0.39, 0.29) is 5.91 Å². The first kappa shape index (κ1) is 15.0. The van der Waals surface area contributed by atoms with Gasteiger partial charge in [0.2, 0.25) is 5.91 Å². The van der Waals surface area contributed by atoms with Crippen LogP contribution in [-0.2, 0) is 5.75 Å². The molecule has 0 aliphatic heterocycles. The summed E-state index contributed by atoms with van der Waals surface area (Å²) in [6, 6.07) is 26.5. The highest BCUT2D eigenvalue weighted by atomic mass is 32.2. The fraction of sp³-hybridized carbons (Fsp3) is 0.0952. The summed E-state index contributed by atoms with van der Waals surface area (Å²) in [4.78, 5) is 12.9. The highest BCUT2D eigenvalue weighted by Gasteiger charge is 2.15. The molecule has 118 valence electrons. The fourth-order valence-electron chi connectivity index (χ4n) is 3.09. The highest BCUT2D eigenvalue weighted by molar-refractivity contribution is 7.99. The number of benzene rings is 3. The van der Waals surface area contributed by atoms with E-state index in [1.165, 1.54) is 5.56 Å². The average Bonchev–Trinajstić information content (AvgIpc) is 2.97. The van der Waals surface area contributed by atoms with Gasteiger partial charge in [-0.3, -0.25) is 9.36 Å². The molecule has 4 rings (SSSR count). The van der Waals surface area contributed by atoms with Crippen molar-refractivity contribution in [1.82, 2.24) is 4.57 Å². The monoisotopic (exact) mass is 331 g/mol. The SMILES string of the molecule is O=C(CSCc1ccccc1)n1c2ccccc2c2ccccc21. The number of para-hydroxylation sites is 2. The molecule has 0 aliphatic rings. The zero-order chi connectivity index (χ0) is 16.4. The molecule has 3 aromatic carbocycles. The topological polar surface area (TPSA) is 22.0 Å². The Morgan fingerprint density at radius 1 is 0.750 bits per heavy atom. The number of fused-ring (bicyclic) bond motifs is 3. The zero-order valence-corrected chi connectivity index (χ0v) is 14.0. The van der Waals surface area contributed by atoms with Gasteiger partial charge < -0.3 is 0 Å². The van der Waals surface area contributed by atoms with Crippen LogP contribution in [-0.4, -0.2) is 16.2 Å². The Morgan fingerprint density at radius 3 is 1.92 bits per heavy atom. The van der Waals surface area contributed by atoms with E-state index in [9.17, 15) is 4.79 Å². The summed E-state index contributed by atoms with van der Waals surface area (Å²) in [5.41, 5.74) is 3.23. The number of rotatable bonds is 4. The first-order valence-corrected chi connectivity index (χ1v) is 9.13. The van der Waals surface area contributed by atoms with Crippen LogP contribution in [0.15, 0.2) is 78.9 Å². The Kier molecular flexibility index (Phi) is 4.09. The summed E-state index contributed by atoms with van der Waals surface area (Å²) >= 11 is 1.66. The van der Waals surface area contributed by atoms with E-state index in [4.69, 9.17) is 0 Å². The van der Waals surface area contributed by atoms with Gasteiger partial charge in [0.05, 0.1) is 16.8 Å². The van der Waals surface area contributed by atoms with Crippen molar-refractivity contribution in [2.75, 3.05) is 5.75 Å². The largest absolute Gasteiger partial charge is 0.279 e. The number of hydrogen-bond donors (Lipinski definition) is 0. The lowest BCUT2D eigenvalue weighted by atomic mass is 10.2. The molecular formula is C21H17NOS. The second-order valence-corrected chi connectivity index (χ2v) is 6.73. The van der Waals surface area contributed by atoms with E-state index < -0.39 is 0 Å². The second kappa shape index (κ2) is 6.54. The molecule has 2 nitrogen and oxygen atoms in total. The molecule has 1 heterocycles. The smallest absolute Gasteiger partial charge is 0.241 e. The van der Waals surface area contributed by atoms with Gasteiger partial charge in [-0.25, -0.2) is 0 Å². The molecule has 0 atom stereocenters. The molecule has 0 amide bonds. The lowest BCUT2D eigenvalue weighted by Gasteiger charge is -2.06. The second-order valence-electron chi connectivity index (χ2n) is 5.74. The van der Waals surface area contributed by atoms with Crippen LogP contribution >= 0.6 is 11.8 Å². The summed E-state index contributed by atoms with van der Waals surface area (Å²) in [5.74, 6) is 1.45. The molecule has 4 aromatic rings. The van der Waals surface area contributed by atoms with Gasteiger partial charge in [-0.2, -0.15) is 0 Å². The maximum Gasteiger partial charge on any atom is 0.241 e. The first-order chi connectivity index (χ1) is 11.8. The molecule has 3 heteroatoms. The third-order valence-electron chi connectivity index (χ3n) is 4.17. The Bertz CT molecular complexity index is 951. The molecule has 0 saturated carbocycles. The van der Waals surface area contributed by atoms with E-state index in [0.717, 1.165) is 27.6 Å². The van der Waals surface area contributed by atoms with E-state index in [2.05, 4.69) is 24.3 Å². The molecule has 0 bridgehead atoms. The van der Waals surface area contributed by atoms with Gasteiger partial charge in [-0.05, 0) is 17.7 Å². The predicted molar refractivity (Wildman–Crippen MR) is 103 cm³/mol. The zero-order valence-electron chi connectivity index (χ0n) is 13.2. The maximum atomic E-state index is 12.9. The minimum atomic E-state index is 0.133. The molecule has 0 N–H and O–H groups in total. The molecule has 0 radical (unpaired) electrons. The normalized spacial score (nSPS) is 11.2. The van der Waals surface area contributed by atoms with Crippen molar-refractivity contribution in [3.05, 3.63) is 84.4 Å². The standard InChI is InChI=1S/C21H17NOS/c23-21(15-24-14-16-8-2-1-3-9-16)22-19-12-6-4-10-17(19)18-11-5-7-13-20(18)22/h1-13H,14-15H2. The van der Waals surface area contributed by atoms with Crippen molar-refractivity contribution >= 4 is 39.5 Å². The number of thioether (sulfide) groups is 1. The maximum absolute atomic E-state index is 12.9.